The van der Waals surface area contributed by atoms with Gasteiger partial charge in [0.25, 0.3) is 10.0 Å². The molecule has 4 amide bonds. The van der Waals surface area contributed by atoms with Gasteiger partial charge in [0.2, 0.25) is 0 Å². The SMILES string of the molecule is CC/C(=C\S(=O)(=O)N(C(=O)Nc1ccccc1)C(=O)Nc1ccccc1)c1ccc(C)cc1. The Bertz CT molecular complexity index is 1190. The van der Waals surface area contributed by atoms with Gasteiger partial charge in [-0.05, 0) is 48.7 Å². The predicted molar refractivity (Wildman–Crippen MR) is 131 cm³/mol. The first-order chi connectivity index (χ1) is 15.8. The molecule has 3 aromatic carbocycles. The molecule has 0 unspecified atom stereocenters. The third-order valence-electron chi connectivity index (χ3n) is 4.77. The van der Waals surface area contributed by atoms with Crippen LogP contribution in [0, 0.1) is 6.92 Å². The van der Waals surface area contributed by atoms with Crippen LogP contribution in [0.5, 0.6) is 0 Å². The van der Waals surface area contributed by atoms with E-state index in [-0.39, 0.29) is 4.31 Å². The number of carbonyl (C=O) groups excluding carboxylic acids is 2. The lowest BCUT2D eigenvalue weighted by atomic mass is 10.0. The second kappa shape index (κ2) is 10.6. The quantitative estimate of drug-likeness (QED) is 0.480. The number of benzene rings is 3. The topological polar surface area (TPSA) is 95.6 Å². The number of hydrogen-bond acceptors (Lipinski definition) is 4. The highest BCUT2D eigenvalue weighted by Crippen LogP contribution is 2.23. The Labute approximate surface area is 193 Å². The number of allylic oxidation sites excluding steroid dienone is 1. The van der Waals surface area contributed by atoms with Crippen molar-refractivity contribution < 1.29 is 18.0 Å². The van der Waals surface area contributed by atoms with Crippen LogP contribution in [0.1, 0.15) is 24.5 Å². The summed E-state index contributed by atoms with van der Waals surface area (Å²) in [5, 5.41) is 5.91. The molecule has 0 aliphatic heterocycles. The highest BCUT2D eigenvalue weighted by atomic mass is 32.2. The number of carbonyl (C=O) groups is 2. The van der Waals surface area contributed by atoms with Crippen molar-refractivity contribution in [2.24, 2.45) is 0 Å². The molecule has 0 spiro atoms. The largest absolute Gasteiger partial charge is 0.344 e. The number of aryl methyl sites for hydroxylation is 1. The summed E-state index contributed by atoms with van der Waals surface area (Å²) in [5.41, 5.74) is 2.91. The number of amides is 4. The maximum absolute atomic E-state index is 13.3. The van der Waals surface area contributed by atoms with Crippen molar-refractivity contribution >= 4 is 39.0 Å². The van der Waals surface area contributed by atoms with Gasteiger partial charge < -0.3 is 10.6 Å². The Morgan fingerprint density at radius 2 is 1.24 bits per heavy atom. The number of nitrogens with zero attached hydrogens (tertiary/aromatic N) is 1. The fraction of sp³-hybridized carbons (Fsp3) is 0.120. The second-order valence-corrected chi connectivity index (χ2v) is 8.90. The molecule has 0 bridgehead atoms. The Balaban J connectivity index is 1.99. The highest BCUT2D eigenvalue weighted by molar-refractivity contribution is 7.93. The first-order valence-corrected chi connectivity index (χ1v) is 11.9. The van der Waals surface area contributed by atoms with Gasteiger partial charge in [-0.2, -0.15) is 0 Å². The van der Waals surface area contributed by atoms with Gasteiger partial charge in [0.1, 0.15) is 0 Å². The van der Waals surface area contributed by atoms with E-state index >= 15 is 0 Å². The van der Waals surface area contributed by atoms with Crippen LogP contribution < -0.4 is 10.6 Å². The van der Waals surface area contributed by atoms with E-state index < -0.39 is 22.1 Å². The molecular weight excluding hydrogens is 438 g/mol. The standard InChI is InChI=1S/C25H25N3O4S/c1-3-20(21-16-14-19(2)15-17-21)18-33(31,32)28(24(29)26-22-10-6-4-7-11-22)25(30)27-23-12-8-5-9-13-23/h4-18H,3H2,1-2H3,(H,26,29)(H,27,30)/b20-18+. The third-order valence-corrected chi connectivity index (χ3v) is 6.19. The van der Waals surface area contributed by atoms with Crippen LogP contribution in [0.3, 0.4) is 0 Å². The molecule has 0 atom stereocenters. The van der Waals surface area contributed by atoms with E-state index in [4.69, 9.17) is 0 Å². The minimum absolute atomic E-state index is 0.205. The zero-order chi connectivity index (χ0) is 23.8. The van der Waals surface area contributed by atoms with E-state index in [9.17, 15) is 18.0 Å². The molecule has 8 heteroatoms. The average Bonchev–Trinajstić information content (AvgIpc) is 2.79. The first kappa shape index (κ1) is 23.7. The molecule has 33 heavy (non-hydrogen) atoms. The number of nitrogens with one attached hydrogen (secondary N) is 2. The summed E-state index contributed by atoms with van der Waals surface area (Å²) < 4.78 is 26.9. The van der Waals surface area contributed by atoms with Gasteiger partial charge >= 0.3 is 12.1 Å². The van der Waals surface area contributed by atoms with Crippen molar-refractivity contribution in [2.45, 2.75) is 20.3 Å². The molecular formula is C25H25N3O4S. The number of anilines is 2. The van der Waals surface area contributed by atoms with Crippen molar-refractivity contribution in [1.82, 2.24) is 4.31 Å². The molecule has 0 heterocycles. The highest BCUT2D eigenvalue weighted by Gasteiger charge is 2.33. The van der Waals surface area contributed by atoms with E-state index in [0.717, 1.165) is 11.0 Å². The zero-order valence-corrected chi connectivity index (χ0v) is 19.2. The number of imide groups is 1. The summed E-state index contributed by atoms with van der Waals surface area (Å²) in [6.07, 6.45) is 0.386. The molecule has 0 radical (unpaired) electrons. The fourth-order valence-electron chi connectivity index (χ4n) is 3.07. The molecule has 0 saturated heterocycles. The summed E-state index contributed by atoms with van der Waals surface area (Å²) in [7, 11) is -4.48. The number of sulfonamides is 1. The lowest BCUT2D eigenvalue weighted by molar-refractivity contribution is 0.223. The molecule has 3 aromatic rings. The van der Waals surface area contributed by atoms with Crippen LogP contribution in [0.25, 0.3) is 5.57 Å². The van der Waals surface area contributed by atoms with E-state index in [0.29, 0.717) is 28.9 Å². The molecule has 0 saturated carbocycles. The maximum atomic E-state index is 13.3. The molecule has 0 aromatic heterocycles. The monoisotopic (exact) mass is 463 g/mol. The number of rotatable bonds is 6. The predicted octanol–water partition coefficient (Wildman–Crippen LogP) is 5.84. The smallest absolute Gasteiger partial charge is 0.307 e. The van der Waals surface area contributed by atoms with Crippen molar-refractivity contribution in [3.05, 3.63) is 101 Å². The van der Waals surface area contributed by atoms with E-state index in [1.807, 2.05) is 19.1 Å². The normalized spacial score (nSPS) is 11.5. The molecule has 170 valence electrons. The van der Waals surface area contributed by atoms with E-state index in [1.54, 1.807) is 79.7 Å². The Kier molecular flexibility index (Phi) is 7.63. The van der Waals surface area contributed by atoms with Crippen molar-refractivity contribution in [1.29, 1.82) is 0 Å². The molecule has 0 fully saturated rings. The van der Waals surface area contributed by atoms with Crippen LogP contribution in [0.15, 0.2) is 90.3 Å². The van der Waals surface area contributed by atoms with Gasteiger partial charge in [0.05, 0.1) is 5.41 Å². The van der Waals surface area contributed by atoms with Gasteiger partial charge in [0.15, 0.2) is 0 Å². The lowest BCUT2D eigenvalue weighted by Gasteiger charge is -2.21. The summed E-state index contributed by atoms with van der Waals surface area (Å²) in [5.74, 6) is 0. The molecule has 3 rings (SSSR count). The average molecular weight is 464 g/mol. The number of para-hydroxylation sites is 2. The molecule has 0 aliphatic carbocycles. The summed E-state index contributed by atoms with van der Waals surface area (Å²) in [4.78, 5) is 26.0. The lowest BCUT2D eigenvalue weighted by Crippen LogP contribution is -2.45. The molecule has 7 nitrogen and oxygen atoms in total. The van der Waals surface area contributed by atoms with Crippen LogP contribution >= 0.6 is 0 Å². The van der Waals surface area contributed by atoms with Gasteiger partial charge in [-0.15, -0.1) is 4.31 Å². The Morgan fingerprint density at radius 1 is 0.788 bits per heavy atom. The van der Waals surface area contributed by atoms with Gasteiger partial charge in [0, 0.05) is 11.4 Å². The first-order valence-electron chi connectivity index (χ1n) is 10.3. The Hall–Kier alpha value is -3.91. The molecule has 2 N–H and O–H groups in total. The van der Waals surface area contributed by atoms with Crippen molar-refractivity contribution in [3.63, 3.8) is 0 Å². The van der Waals surface area contributed by atoms with Crippen LogP contribution in [0.2, 0.25) is 0 Å². The van der Waals surface area contributed by atoms with Crippen molar-refractivity contribution in [3.8, 4) is 0 Å². The van der Waals surface area contributed by atoms with Crippen molar-refractivity contribution in [2.75, 3.05) is 10.6 Å². The second-order valence-electron chi connectivity index (χ2n) is 7.26. The van der Waals surface area contributed by atoms with Crippen LogP contribution in [-0.4, -0.2) is 24.8 Å². The van der Waals surface area contributed by atoms with Crippen LogP contribution in [-0.2, 0) is 10.0 Å². The van der Waals surface area contributed by atoms with E-state index in [2.05, 4.69) is 10.6 Å². The number of urea groups is 2. The number of hydrogen-bond donors (Lipinski definition) is 2. The minimum Gasteiger partial charge on any atom is -0.307 e. The maximum Gasteiger partial charge on any atom is 0.344 e. The van der Waals surface area contributed by atoms with Crippen LogP contribution in [0.4, 0.5) is 21.0 Å². The minimum atomic E-state index is -4.48. The van der Waals surface area contributed by atoms with Gasteiger partial charge in [-0.3, -0.25) is 0 Å². The third kappa shape index (κ3) is 6.30. The summed E-state index contributed by atoms with van der Waals surface area (Å²) in [6, 6.07) is 21.8. The Morgan fingerprint density at radius 3 is 1.67 bits per heavy atom. The zero-order valence-electron chi connectivity index (χ0n) is 18.4. The summed E-state index contributed by atoms with van der Waals surface area (Å²) in [6.45, 7) is 3.74. The van der Waals surface area contributed by atoms with Gasteiger partial charge in [-0.25, -0.2) is 18.0 Å². The van der Waals surface area contributed by atoms with E-state index in [1.165, 1.54) is 0 Å². The summed E-state index contributed by atoms with van der Waals surface area (Å²) >= 11 is 0. The van der Waals surface area contributed by atoms with Gasteiger partial charge in [-0.1, -0.05) is 73.2 Å². The fourth-order valence-corrected chi connectivity index (χ4v) is 4.39. The molecule has 0 aliphatic rings.